The third-order valence-electron chi connectivity index (χ3n) is 4.04. The van der Waals surface area contributed by atoms with Crippen LogP contribution in [-0.4, -0.2) is 23.1 Å². The average molecular weight is 247 g/mol. The number of nitrogens with zero attached hydrogens (tertiary/aromatic N) is 1. The van der Waals surface area contributed by atoms with Crippen molar-refractivity contribution >= 4 is 0 Å². The van der Waals surface area contributed by atoms with E-state index in [1.54, 1.807) is 12.1 Å². The van der Waals surface area contributed by atoms with Gasteiger partial charge in [0.15, 0.2) is 0 Å². The Kier molecular flexibility index (Phi) is 3.96. The summed E-state index contributed by atoms with van der Waals surface area (Å²) in [4.78, 5) is 2.61. The van der Waals surface area contributed by atoms with Gasteiger partial charge in [-0.15, -0.1) is 0 Å². The Balaban J connectivity index is 2.15. The number of hydrogen-bond acceptors (Lipinski definition) is 2. The van der Waals surface area contributed by atoms with Gasteiger partial charge in [-0.3, -0.25) is 4.90 Å². The number of phenols is 1. The van der Waals surface area contributed by atoms with Crippen LogP contribution in [0.3, 0.4) is 0 Å². The van der Waals surface area contributed by atoms with Gasteiger partial charge >= 0.3 is 0 Å². The minimum absolute atomic E-state index is 0.354. The van der Waals surface area contributed by atoms with E-state index in [1.807, 2.05) is 0 Å². The minimum Gasteiger partial charge on any atom is -0.508 e. The molecule has 0 bridgehead atoms. The van der Waals surface area contributed by atoms with Gasteiger partial charge in [0.25, 0.3) is 0 Å². The molecule has 0 aromatic heterocycles. The molecule has 1 heterocycles. The Morgan fingerprint density at radius 3 is 2.50 bits per heavy atom. The first-order chi connectivity index (χ1) is 8.52. The monoisotopic (exact) mass is 247 g/mol. The zero-order valence-corrected chi connectivity index (χ0v) is 11.8. The zero-order valence-electron chi connectivity index (χ0n) is 11.8. The molecule has 2 nitrogen and oxygen atoms in total. The normalized spacial score (nSPS) is 21.7. The number of likely N-dealkylation sites (tertiary alicyclic amines) is 1. The molecular weight excluding hydrogens is 222 g/mol. The Morgan fingerprint density at radius 2 is 1.94 bits per heavy atom. The van der Waals surface area contributed by atoms with E-state index in [1.165, 1.54) is 31.5 Å². The maximum Gasteiger partial charge on any atom is 0.115 e. The topological polar surface area (TPSA) is 23.5 Å². The van der Waals surface area contributed by atoms with Crippen molar-refractivity contribution in [3.63, 3.8) is 0 Å². The molecule has 18 heavy (non-hydrogen) atoms. The quantitative estimate of drug-likeness (QED) is 0.873. The van der Waals surface area contributed by atoms with Crippen LogP contribution in [0.4, 0.5) is 0 Å². The highest BCUT2D eigenvalue weighted by molar-refractivity contribution is 5.28. The molecule has 2 rings (SSSR count). The van der Waals surface area contributed by atoms with E-state index in [9.17, 15) is 5.11 Å². The van der Waals surface area contributed by atoms with Crippen molar-refractivity contribution < 1.29 is 5.11 Å². The molecule has 1 N–H and O–H groups in total. The summed E-state index contributed by atoms with van der Waals surface area (Å²) in [5.74, 6) is 0.354. The van der Waals surface area contributed by atoms with Crippen molar-refractivity contribution in [3.8, 4) is 5.75 Å². The Morgan fingerprint density at radius 1 is 1.28 bits per heavy atom. The van der Waals surface area contributed by atoms with E-state index in [-0.39, 0.29) is 0 Å². The van der Waals surface area contributed by atoms with Crippen LogP contribution in [-0.2, 0) is 0 Å². The first-order valence-corrected chi connectivity index (χ1v) is 7.05. The first-order valence-electron chi connectivity index (χ1n) is 7.05. The second kappa shape index (κ2) is 5.31. The number of benzene rings is 1. The zero-order chi connectivity index (χ0) is 13.2. The maximum absolute atomic E-state index is 9.39. The summed E-state index contributed by atoms with van der Waals surface area (Å²) in [6, 6.07) is 8.21. The molecule has 1 saturated heterocycles. The number of rotatable bonds is 3. The number of aromatic hydroxyl groups is 1. The molecule has 0 amide bonds. The molecule has 1 aromatic rings. The van der Waals surface area contributed by atoms with Gasteiger partial charge in [-0.05, 0) is 48.9 Å². The molecule has 0 saturated carbocycles. The van der Waals surface area contributed by atoms with E-state index in [4.69, 9.17) is 0 Å². The Hall–Kier alpha value is -1.02. The third kappa shape index (κ3) is 3.05. The molecule has 1 unspecified atom stereocenters. The van der Waals surface area contributed by atoms with Gasteiger partial charge in [-0.1, -0.05) is 32.9 Å². The highest BCUT2D eigenvalue weighted by Gasteiger charge is 2.30. The molecule has 1 fully saturated rings. The van der Waals surface area contributed by atoms with Crippen molar-refractivity contribution in [3.05, 3.63) is 29.8 Å². The fourth-order valence-electron chi connectivity index (χ4n) is 3.14. The molecule has 1 atom stereocenters. The van der Waals surface area contributed by atoms with Gasteiger partial charge in [0, 0.05) is 12.6 Å². The fraction of sp³-hybridized carbons (Fsp3) is 0.625. The summed E-state index contributed by atoms with van der Waals surface area (Å²) in [5, 5.41) is 9.39. The van der Waals surface area contributed by atoms with Crippen LogP contribution in [0, 0.1) is 5.41 Å². The fourth-order valence-corrected chi connectivity index (χ4v) is 3.14. The highest BCUT2D eigenvalue weighted by Crippen LogP contribution is 2.35. The smallest absolute Gasteiger partial charge is 0.115 e. The molecule has 0 spiro atoms. The SMILES string of the molecule is CCC(c1ccc(O)cc1)N1CCCC(C)(C)C1. The van der Waals surface area contributed by atoms with Gasteiger partial charge in [0.2, 0.25) is 0 Å². The van der Waals surface area contributed by atoms with E-state index in [0.29, 0.717) is 17.2 Å². The summed E-state index contributed by atoms with van der Waals surface area (Å²) in [6.07, 6.45) is 3.75. The first kappa shape index (κ1) is 13.4. The van der Waals surface area contributed by atoms with Crippen LogP contribution < -0.4 is 0 Å². The van der Waals surface area contributed by atoms with Crippen LogP contribution in [0.1, 0.15) is 51.6 Å². The number of piperidine rings is 1. The Bertz CT molecular complexity index is 383. The molecule has 0 aliphatic carbocycles. The standard InChI is InChI=1S/C16H25NO/c1-4-15(13-6-8-14(18)9-7-13)17-11-5-10-16(2,3)12-17/h6-9,15,18H,4-5,10-12H2,1-3H3. The van der Waals surface area contributed by atoms with E-state index in [0.717, 1.165) is 6.42 Å². The molecule has 2 heteroatoms. The molecule has 1 aliphatic heterocycles. The lowest BCUT2D eigenvalue weighted by molar-refractivity contribution is 0.0758. The van der Waals surface area contributed by atoms with Crippen molar-refractivity contribution in [2.45, 2.75) is 46.1 Å². The molecule has 0 radical (unpaired) electrons. The van der Waals surface area contributed by atoms with Crippen LogP contribution in [0.25, 0.3) is 0 Å². The highest BCUT2D eigenvalue weighted by atomic mass is 16.3. The predicted molar refractivity (Wildman–Crippen MR) is 75.7 cm³/mol. The van der Waals surface area contributed by atoms with Crippen molar-refractivity contribution in [2.75, 3.05) is 13.1 Å². The lowest BCUT2D eigenvalue weighted by atomic mass is 9.83. The van der Waals surface area contributed by atoms with E-state index < -0.39 is 0 Å². The van der Waals surface area contributed by atoms with Crippen molar-refractivity contribution in [1.82, 2.24) is 4.90 Å². The summed E-state index contributed by atoms with van der Waals surface area (Å²) in [6.45, 7) is 9.35. The van der Waals surface area contributed by atoms with Crippen LogP contribution in [0.15, 0.2) is 24.3 Å². The summed E-state index contributed by atoms with van der Waals surface area (Å²) >= 11 is 0. The summed E-state index contributed by atoms with van der Waals surface area (Å²) < 4.78 is 0. The van der Waals surface area contributed by atoms with Crippen molar-refractivity contribution in [1.29, 1.82) is 0 Å². The lowest BCUT2D eigenvalue weighted by Crippen LogP contribution is -2.42. The lowest BCUT2D eigenvalue weighted by Gasteiger charge is -2.42. The molecule has 1 aromatic carbocycles. The third-order valence-corrected chi connectivity index (χ3v) is 4.04. The largest absolute Gasteiger partial charge is 0.508 e. The van der Waals surface area contributed by atoms with Gasteiger partial charge in [0.05, 0.1) is 0 Å². The minimum atomic E-state index is 0.354. The van der Waals surface area contributed by atoms with Crippen LogP contribution in [0.2, 0.25) is 0 Å². The van der Waals surface area contributed by atoms with E-state index >= 15 is 0 Å². The molecular formula is C16H25NO. The second-order valence-corrected chi connectivity index (χ2v) is 6.25. The molecule has 1 aliphatic rings. The van der Waals surface area contributed by atoms with Crippen LogP contribution in [0.5, 0.6) is 5.75 Å². The van der Waals surface area contributed by atoms with Gasteiger partial charge in [-0.2, -0.15) is 0 Å². The Labute approximate surface area is 111 Å². The predicted octanol–water partition coefficient (Wildman–Crippen LogP) is 3.97. The van der Waals surface area contributed by atoms with Gasteiger partial charge in [-0.25, -0.2) is 0 Å². The van der Waals surface area contributed by atoms with Crippen molar-refractivity contribution in [2.24, 2.45) is 5.41 Å². The second-order valence-electron chi connectivity index (χ2n) is 6.25. The van der Waals surface area contributed by atoms with Gasteiger partial charge < -0.3 is 5.11 Å². The number of phenolic OH excluding ortho intramolecular Hbond substituents is 1. The van der Waals surface area contributed by atoms with E-state index in [2.05, 4.69) is 37.8 Å². The maximum atomic E-state index is 9.39. The van der Waals surface area contributed by atoms with Gasteiger partial charge in [0.1, 0.15) is 5.75 Å². The average Bonchev–Trinajstić information content (AvgIpc) is 2.31. The molecule has 100 valence electrons. The van der Waals surface area contributed by atoms with Crippen LogP contribution >= 0.6 is 0 Å². The summed E-state index contributed by atoms with van der Waals surface area (Å²) in [7, 11) is 0. The summed E-state index contributed by atoms with van der Waals surface area (Å²) in [5.41, 5.74) is 1.76. The number of hydrogen-bond donors (Lipinski definition) is 1.